The summed E-state index contributed by atoms with van der Waals surface area (Å²) in [4.78, 5) is 11.0. The maximum Gasteiger partial charge on any atom is 0.306 e. The Hall–Kier alpha value is -0.680. The summed E-state index contributed by atoms with van der Waals surface area (Å²) in [6, 6.07) is 2.03. The van der Waals surface area contributed by atoms with Crippen molar-refractivity contribution in [3.05, 3.63) is 22.4 Å². The second-order valence-corrected chi connectivity index (χ2v) is 6.31. The molecule has 0 aromatic carbocycles. The summed E-state index contributed by atoms with van der Waals surface area (Å²) in [5.41, 5.74) is 1.21. The smallest absolute Gasteiger partial charge is 0.306 e. The van der Waals surface area contributed by atoms with Gasteiger partial charge in [-0.1, -0.05) is 6.92 Å². The van der Waals surface area contributed by atoms with E-state index >= 15 is 0 Å². The molecule has 1 aromatic heterocycles. The fraction of sp³-hybridized carbons (Fsp3) is 0.545. The number of esters is 1. The van der Waals surface area contributed by atoms with E-state index in [1.165, 1.54) is 12.7 Å². The van der Waals surface area contributed by atoms with Crippen LogP contribution >= 0.6 is 11.3 Å². The summed E-state index contributed by atoms with van der Waals surface area (Å²) in [6.07, 6.45) is 1.04. The molecular formula is C11H16O3S2. The second kappa shape index (κ2) is 6.81. The molecule has 5 heteroatoms. The molecule has 0 fully saturated rings. The minimum absolute atomic E-state index is 0.133. The maximum absolute atomic E-state index is 11.8. The van der Waals surface area contributed by atoms with Crippen LogP contribution in [0.2, 0.25) is 0 Å². The average molecular weight is 260 g/mol. The van der Waals surface area contributed by atoms with Crippen molar-refractivity contribution in [1.29, 1.82) is 0 Å². The van der Waals surface area contributed by atoms with Gasteiger partial charge in [-0.3, -0.25) is 9.00 Å². The van der Waals surface area contributed by atoms with E-state index in [2.05, 4.69) is 10.1 Å². The van der Waals surface area contributed by atoms with Crippen molar-refractivity contribution in [2.24, 2.45) is 0 Å². The Morgan fingerprint density at radius 3 is 2.94 bits per heavy atom. The Balaban J connectivity index is 2.31. The Morgan fingerprint density at radius 1 is 1.62 bits per heavy atom. The third kappa shape index (κ3) is 4.45. The number of carbonyl (C=O) groups excluding carboxylic acids is 1. The lowest BCUT2D eigenvalue weighted by Crippen LogP contribution is -2.19. The Kier molecular flexibility index (Phi) is 5.69. The third-order valence-electron chi connectivity index (χ3n) is 2.30. The first-order valence-corrected chi connectivity index (χ1v) is 7.41. The van der Waals surface area contributed by atoms with Gasteiger partial charge in [0.25, 0.3) is 0 Å². The Bertz CT molecular complexity index is 346. The van der Waals surface area contributed by atoms with E-state index in [1.54, 1.807) is 11.3 Å². The zero-order chi connectivity index (χ0) is 12.0. The number of rotatable bonds is 6. The number of methoxy groups -OCH3 is 1. The molecule has 0 radical (unpaired) electrons. The highest BCUT2D eigenvalue weighted by molar-refractivity contribution is 7.85. The van der Waals surface area contributed by atoms with E-state index in [-0.39, 0.29) is 17.6 Å². The summed E-state index contributed by atoms with van der Waals surface area (Å²) < 4.78 is 16.3. The first kappa shape index (κ1) is 13.4. The van der Waals surface area contributed by atoms with Gasteiger partial charge < -0.3 is 4.74 Å². The number of ether oxygens (including phenoxy) is 1. The molecule has 1 rings (SSSR count). The van der Waals surface area contributed by atoms with Crippen molar-refractivity contribution in [1.82, 2.24) is 0 Å². The van der Waals surface area contributed by atoms with Gasteiger partial charge in [0.1, 0.15) is 0 Å². The molecule has 0 saturated heterocycles. The fourth-order valence-corrected chi connectivity index (χ4v) is 3.13. The molecule has 90 valence electrons. The molecule has 1 heterocycles. The molecule has 0 spiro atoms. The molecule has 0 N–H and O–H groups in total. The van der Waals surface area contributed by atoms with E-state index in [4.69, 9.17) is 0 Å². The molecule has 16 heavy (non-hydrogen) atoms. The van der Waals surface area contributed by atoms with Crippen LogP contribution in [0.25, 0.3) is 0 Å². The monoisotopic (exact) mass is 260 g/mol. The minimum atomic E-state index is -0.968. The van der Waals surface area contributed by atoms with Crippen molar-refractivity contribution < 1.29 is 13.7 Å². The minimum Gasteiger partial charge on any atom is -0.469 e. The lowest BCUT2D eigenvalue weighted by Gasteiger charge is -2.09. The van der Waals surface area contributed by atoms with E-state index in [9.17, 15) is 9.00 Å². The SMILES string of the molecule is COC(=O)CC(C)S(=O)CCc1ccsc1. The van der Waals surface area contributed by atoms with Gasteiger partial charge in [0.15, 0.2) is 0 Å². The van der Waals surface area contributed by atoms with Crippen LogP contribution in [0.5, 0.6) is 0 Å². The zero-order valence-corrected chi connectivity index (χ0v) is 11.1. The second-order valence-electron chi connectivity index (χ2n) is 3.56. The summed E-state index contributed by atoms with van der Waals surface area (Å²) in [6.45, 7) is 1.82. The fourth-order valence-electron chi connectivity index (χ4n) is 1.27. The van der Waals surface area contributed by atoms with Crippen LogP contribution < -0.4 is 0 Å². The van der Waals surface area contributed by atoms with E-state index < -0.39 is 10.8 Å². The highest BCUT2D eigenvalue weighted by atomic mass is 32.2. The van der Waals surface area contributed by atoms with Crippen molar-refractivity contribution in [3.8, 4) is 0 Å². The zero-order valence-electron chi connectivity index (χ0n) is 9.47. The summed E-state index contributed by atoms with van der Waals surface area (Å²) in [5.74, 6) is 0.311. The molecule has 0 aliphatic rings. The van der Waals surface area contributed by atoms with Crippen LogP contribution in [0.4, 0.5) is 0 Å². The van der Waals surface area contributed by atoms with Crippen molar-refractivity contribution >= 4 is 28.1 Å². The molecule has 2 unspecified atom stereocenters. The predicted molar refractivity (Wildman–Crippen MR) is 67.1 cm³/mol. The summed E-state index contributed by atoms with van der Waals surface area (Å²) in [7, 11) is 0.383. The number of hydrogen-bond acceptors (Lipinski definition) is 4. The molecule has 2 atom stereocenters. The molecular weight excluding hydrogens is 244 g/mol. The first-order chi connectivity index (χ1) is 7.63. The van der Waals surface area contributed by atoms with Crippen LogP contribution in [0.3, 0.4) is 0 Å². The average Bonchev–Trinajstić information content (AvgIpc) is 2.78. The molecule has 0 aliphatic heterocycles. The Labute approximate surface area is 102 Å². The number of aryl methyl sites for hydroxylation is 1. The van der Waals surface area contributed by atoms with Crippen LogP contribution in [-0.4, -0.2) is 28.3 Å². The van der Waals surface area contributed by atoms with Gasteiger partial charge in [-0.15, -0.1) is 0 Å². The predicted octanol–water partition coefficient (Wildman–Crippen LogP) is 1.99. The number of thiophene rings is 1. The van der Waals surface area contributed by atoms with Crippen LogP contribution in [0.1, 0.15) is 18.9 Å². The Morgan fingerprint density at radius 2 is 2.38 bits per heavy atom. The lowest BCUT2D eigenvalue weighted by molar-refractivity contribution is -0.140. The van der Waals surface area contributed by atoms with Crippen molar-refractivity contribution in [2.75, 3.05) is 12.9 Å². The standard InChI is InChI=1S/C11H16O3S2/c1-9(7-11(12)14-2)16(13)6-4-10-3-5-15-8-10/h3,5,8-9H,4,6-7H2,1-2H3. The van der Waals surface area contributed by atoms with Gasteiger partial charge in [0.2, 0.25) is 0 Å². The maximum atomic E-state index is 11.8. The van der Waals surface area contributed by atoms with Crippen molar-refractivity contribution in [2.45, 2.75) is 25.0 Å². The van der Waals surface area contributed by atoms with Gasteiger partial charge in [-0.2, -0.15) is 11.3 Å². The van der Waals surface area contributed by atoms with Gasteiger partial charge in [-0.25, -0.2) is 0 Å². The number of hydrogen-bond donors (Lipinski definition) is 0. The lowest BCUT2D eigenvalue weighted by atomic mass is 10.3. The molecule has 0 saturated carbocycles. The van der Waals surface area contributed by atoms with E-state index in [0.717, 1.165) is 6.42 Å². The largest absolute Gasteiger partial charge is 0.469 e. The topological polar surface area (TPSA) is 43.4 Å². The quantitative estimate of drug-likeness (QED) is 0.735. The molecule has 0 bridgehead atoms. The normalized spacial score (nSPS) is 14.4. The van der Waals surface area contributed by atoms with Crippen LogP contribution in [0, 0.1) is 0 Å². The van der Waals surface area contributed by atoms with Crippen molar-refractivity contribution in [3.63, 3.8) is 0 Å². The third-order valence-corrected chi connectivity index (χ3v) is 4.71. The highest BCUT2D eigenvalue weighted by Crippen LogP contribution is 2.09. The molecule has 0 aliphatic carbocycles. The van der Waals surface area contributed by atoms with Crippen LogP contribution in [0.15, 0.2) is 16.8 Å². The molecule has 0 amide bonds. The van der Waals surface area contributed by atoms with E-state index in [1.807, 2.05) is 18.4 Å². The first-order valence-electron chi connectivity index (χ1n) is 5.08. The van der Waals surface area contributed by atoms with Crippen LogP contribution in [-0.2, 0) is 26.8 Å². The van der Waals surface area contributed by atoms with Gasteiger partial charge >= 0.3 is 5.97 Å². The summed E-state index contributed by atoms with van der Waals surface area (Å²) >= 11 is 1.64. The highest BCUT2D eigenvalue weighted by Gasteiger charge is 2.15. The van der Waals surface area contributed by atoms with Gasteiger partial charge in [0.05, 0.1) is 13.5 Å². The number of carbonyl (C=O) groups is 1. The van der Waals surface area contributed by atoms with Gasteiger partial charge in [0, 0.05) is 21.8 Å². The molecule has 3 nitrogen and oxygen atoms in total. The van der Waals surface area contributed by atoms with Gasteiger partial charge in [-0.05, 0) is 28.8 Å². The summed E-state index contributed by atoms with van der Waals surface area (Å²) in [5, 5.41) is 3.93. The van der Waals surface area contributed by atoms with E-state index in [0.29, 0.717) is 5.75 Å². The molecule has 1 aromatic rings.